The van der Waals surface area contributed by atoms with Crippen molar-refractivity contribution in [2.24, 2.45) is 0 Å². The molecule has 4 N–H and O–H groups in total. The smallest absolute Gasteiger partial charge is 0.262 e. The van der Waals surface area contributed by atoms with E-state index in [1.165, 1.54) is 18.2 Å². The van der Waals surface area contributed by atoms with E-state index in [9.17, 15) is 18.0 Å². The molecule has 0 aliphatic carbocycles. The Kier molecular flexibility index (Phi) is 4.01. The molecule has 2 heterocycles. The number of benzene rings is 2. The maximum absolute atomic E-state index is 12.5. The summed E-state index contributed by atoms with van der Waals surface area (Å²) >= 11 is 0. The number of nitrogens with zero attached hydrogens (tertiary/aromatic N) is 1. The number of hydrogen-bond acceptors (Lipinski definition) is 7. The number of fused-ring (bicyclic) bond motifs is 2. The van der Waals surface area contributed by atoms with Crippen molar-refractivity contribution in [3.05, 3.63) is 52.8 Å². The lowest BCUT2D eigenvalue weighted by Crippen LogP contribution is -2.32. The molecule has 1 aliphatic rings. The second-order valence-electron chi connectivity index (χ2n) is 5.66. The maximum atomic E-state index is 12.5. The average molecular weight is 387 g/mol. The van der Waals surface area contributed by atoms with Gasteiger partial charge in [0.05, 0.1) is 21.5 Å². The van der Waals surface area contributed by atoms with Crippen LogP contribution >= 0.6 is 0 Å². The van der Waals surface area contributed by atoms with Crippen LogP contribution in [0.5, 0.6) is 5.75 Å². The van der Waals surface area contributed by atoms with Crippen molar-refractivity contribution in [1.82, 2.24) is 14.8 Å². The van der Waals surface area contributed by atoms with Gasteiger partial charge < -0.3 is 10.1 Å². The van der Waals surface area contributed by atoms with Crippen molar-refractivity contribution in [2.75, 3.05) is 17.3 Å². The van der Waals surface area contributed by atoms with Crippen molar-refractivity contribution < 1.29 is 17.9 Å². The number of para-hydroxylation sites is 1. The van der Waals surface area contributed by atoms with Crippen LogP contribution in [0.2, 0.25) is 0 Å². The van der Waals surface area contributed by atoms with Crippen molar-refractivity contribution >= 4 is 38.5 Å². The van der Waals surface area contributed by atoms with Crippen LogP contribution in [-0.4, -0.2) is 30.9 Å². The molecule has 27 heavy (non-hydrogen) atoms. The van der Waals surface area contributed by atoms with Crippen LogP contribution in [0.3, 0.4) is 0 Å². The lowest BCUT2D eigenvalue weighted by molar-refractivity contribution is -0.118. The van der Waals surface area contributed by atoms with Gasteiger partial charge in [-0.3, -0.25) is 20.0 Å². The molecular weight excluding hydrogens is 374 g/mol. The van der Waals surface area contributed by atoms with Crippen molar-refractivity contribution in [3.63, 3.8) is 0 Å². The number of carbonyl (C=O) groups excluding carboxylic acids is 1. The quantitative estimate of drug-likeness (QED) is 0.479. The highest BCUT2D eigenvalue weighted by Gasteiger charge is 2.21. The Morgan fingerprint density at radius 3 is 2.78 bits per heavy atom. The Bertz CT molecular complexity index is 1220. The Balaban J connectivity index is 1.58. The van der Waals surface area contributed by atoms with E-state index in [4.69, 9.17) is 4.74 Å². The van der Waals surface area contributed by atoms with Gasteiger partial charge in [0.15, 0.2) is 6.61 Å². The molecule has 0 bridgehead atoms. The van der Waals surface area contributed by atoms with Gasteiger partial charge in [-0.2, -0.15) is 0 Å². The van der Waals surface area contributed by atoms with Gasteiger partial charge in [-0.25, -0.2) is 13.4 Å². The molecule has 2 aromatic carbocycles. The highest BCUT2D eigenvalue weighted by Crippen LogP contribution is 2.29. The predicted octanol–water partition coefficient (Wildman–Crippen LogP) is 0.559. The fraction of sp³-hybridized carbons (Fsp3) is 0.0625. The third-order valence-electron chi connectivity index (χ3n) is 3.81. The Morgan fingerprint density at radius 1 is 1.11 bits per heavy atom. The van der Waals surface area contributed by atoms with Gasteiger partial charge in [0.1, 0.15) is 5.75 Å². The van der Waals surface area contributed by atoms with Crippen molar-refractivity contribution in [1.29, 1.82) is 0 Å². The number of anilines is 2. The molecule has 0 saturated heterocycles. The summed E-state index contributed by atoms with van der Waals surface area (Å²) in [6.07, 6.45) is 0. The molecule has 1 amide bonds. The van der Waals surface area contributed by atoms with Crippen LogP contribution < -0.4 is 25.9 Å². The summed E-state index contributed by atoms with van der Waals surface area (Å²) in [5.41, 5.74) is 2.64. The number of nitrogens with one attached hydrogen (secondary N) is 4. The summed E-state index contributed by atoms with van der Waals surface area (Å²) in [6.45, 7) is -0.125. The van der Waals surface area contributed by atoms with Crippen LogP contribution in [0.25, 0.3) is 10.9 Å². The third kappa shape index (κ3) is 3.32. The summed E-state index contributed by atoms with van der Waals surface area (Å²) in [4.78, 5) is 32.0. The number of hydrogen-bond donors (Lipinski definition) is 4. The van der Waals surface area contributed by atoms with Gasteiger partial charge in [0.25, 0.3) is 21.5 Å². The first-order valence-corrected chi connectivity index (χ1v) is 9.24. The predicted molar refractivity (Wildman–Crippen MR) is 96.9 cm³/mol. The minimum atomic E-state index is -4.01. The molecule has 0 saturated carbocycles. The number of amides is 1. The van der Waals surface area contributed by atoms with Gasteiger partial charge in [0, 0.05) is 0 Å². The van der Waals surface area contributed by atoms with Crippen molar-refractivity contribution in [2.45, 2.75) is 4.90 Å². The molecule has 138 valence electrons. The van der Waals surface area contributed by atoms with Crippen LogP contribution in [0.1, 0.15) is 0 Å². The first-order valence-electron chi connectivity index (χ1n) is 7.76. The first kappa shape index (κ1) is 17.0. The number of aromatic amines is 1. The van der Waals surface area contributed by atoms with Gasteiger partial charge in [0.2, 0.25) is 5.95 Å². The second kappa shape index (κ2) is 6.37. The largest absolute Gasteiger partial charge is 0.482 e. The Morgan fingerprint density at radius 2 is 1.93 bits per heavy atom. The number of aromatic nitrogens is 2. The van der Waals surface area contributed by atoms with Gasteiger partial charge in [-0.1, -0.05) is 12.1 Å². The number of hydrazine groups is 1. The van der Waals surface area contributed by atoms with Gasteiger partial charge >= 0.3 is 0 Å². The van der Waals surface area contributed by atoms with E-state index in [0.717, 1.165) is 0 Å². The summed E-state index contributed by atoms with van der Waals surface area (Å²) in [5, 5.41) is 2.92. The summed E-state index contributed by atoms with van der Waals surface area (Å²) in [7, 11) is -4.01. The molecule has 0 fully saturated rings. The molecule has 10 nitrogen and oxygen atoms in total. The summed E-state index contributed by atoms with van der Waals surface area (Å²) in [6, 6.07) is 10.7. The Hall–Kier alpha value is -3.44. The van der Waals surface area contributed by atoms with Crippen LogP contribution in [0.4, 0.5) is 11.6 Å². The van der Waals surface area contributed by atoms with Crippen molar-refractivity contribution in [3.8, 4) is 5.75 Å². The number of sulfonamides is 1. The highest BCUT2D eigenvalue weighted by molar-refractivity contribution is 7.89. The average Bonchev–Trinajstić information content (AvgIpc) is 2.66. The lowest BCUT2D eigenvalue weighted by atomic mass is 10.2. The fourth-order valence-electron chi connectivity index (χ4n) is 2.55. The molecule has 0 unspecified atom stereocenters. The maximum Gasteiger partial charge on any atom is 0.262 e. The van der Waals surface area contributed by atoms with Gasteiger partial charge in [-0.15, -0.1) is 4.83 Å². The van der Waals surface area contributed by atoms with E-state index >= 15 is 0 Å². The molecule has 4 rings (SSSR count). The molecule has 0 radical (unpaired) electrons. The molecule has 0 spiro atoms. The number of carbonyl (C=O) groups is 1. The number of H-pyrrole nitrogens is 1. The lowest BCUT2D eigenvalue weighted by Gasteiger charge is -2.18. The topological polar surface area (TPSA) is 142 Å². The summed E-state index contributed by atoms with van der Waals surface area (Å²) in [5.74, 6) is -0.0556. The number of rotatable bonds is 4. The van der Waals surface area contributed by atoms with Gasteiger partial charge in [-0.05, 0) is 30.3 Å². The minimum Gasteiger partial charge on any atom is -0.482 e. The zero-order chi connectivity index (χ0) is 19.0. The zero-order valence-corrected chi connectivity index (χ0v) is 14.5. The molecule has 1 aromatic heterocycles. The van der Waals surface area contributed by atoms with Crippen LogP contribution in [-0.2, 0) is 14.8 Å². The molecule has 1 aliphatic heterocycles. The van der Waals surface area contributed by atoms with Crippen LogP contribution in [0.15, 0.2) is 52.2 Å². The normalized spacial score (nSPS) is 13.6. The van der Waals surface area contributed by atoms with E-state index in [0.29, 0.717) is 16.7 Å². The molecule has 3 aromatic rings. The van der Waals surface area contributed by atoms with E-state index in [-0.39, 0.29) is 29.0 Å². The highest BCUT2D eigenvalue weighted by atomic mass is 32.2. The molecule has 11 heteroatoms. The van der Waals surface area contributed by atoms with E-state index < -0.39 is 15.6 Å². The van der Waals surface area contributed by atoms with E-state index in [1.807, 2.05) is 0 Å². The molecule has 0 atom stereocenters. The van der Waals surface area contributed by atoms with E-state index in [2.05, 4.69) is 25.5 Å². The Labute approximate surface area is 152 Å². The SMILES string of the molecule is O=C1COc2ccc(S(=O)(=O)NNc3nc4ccccc4c(=O)[nH]3)cc2N1. The standard InChI is InChI=1S/C16H13N5O5S/c22-14-8-26-13-6-5-9(7-12(13)17-14)27(24,25)21-20-16-18-11-4-2-1-3-10(11)15(23)19-16/h1-7,21H,8H2,(H,17,22)(H2,18,19,20,23). The van der Waals surface area contributed by atoms with E-state index in [1.54, 1.807) is 24.3 Å². The second-order valence-corrected chi connectivity index (χ2v) is 7.34. The third-order valence-corrected chi connectivity index (χ3v) is 5.06. The first-order chi connectivity index (χ1) is 12.9. The monoisotopic (exact) mass is 387 g/mol. The summed E-state index contributed by atoms with van der Waals surface area (Å²) < 4.78 is 30.1. The number of ether oxygens (including phenoxy) is 1. The zero-order valence-electron chi connectivity index (χ0n) is 13.6. The fourth-order valence-corrected chi connectivity index (χ4v) is 3.42. The van der Waals surface area contributed by atoms with Crippen LogP contribution in [0, 0.1) is 0 Å². The molecular formula is C16H13N5O5S. The minimum absolute atomic E-state index is 0.0585.